The molecule has 2 N–H and O–H groups in total. The Morgan fingerprint density at radius 3 is 3.00 bits per heavy atom. The molecule has 3 aromatic rings. The van der Waals surface area contributed by atoms with Crippen LogP contribution in [0.2, 0.25) is 0 Å². The van der Waals surface area contributed by atoms with Gasteiger partial charge in [-0.05, 0) is 28.8 Å². The molecule has 0 bridgehead atoms. The van der Waals surface area contributed by atoms with E-state index in [2.05, 4.69) is 25.7 Å². The minimum atomic E-state index is 0.227. The highest BCUT2D eigenvalue weighted by atomic mass is 32.2. The number of anilines is 1. The molecule has 0 aliphatic carbocycles. The molecule has 2 aromatic heterocycles. The molecule has 1 aromatic carbocycles. The third-order valence-corrected chi connectivity index (χ3v) is 4.56. The van der Waals surface area contributed by atoms with Crippen LogP contribution in [0.25, 0.3) is 0 Å². The molecule has 2 heterocycles. The smallest absolute Gasteiger partial charge is 0.204 e. The van der Waals surface area contributed by atoms with Crippen LogP contribution in [0.5, 0.6) is 0 Å². The molecule has 0 radical (unpaired) electrons. The molecule has 0 saturated heterocycles. The number of nitrogen functional groups attached to an aromatic ring is 1. The van der Waals surface area contributed by atoms with Crippen LogP contribution in [-0.2, 0) is 18.5 Å². The van der Waals surface area contributed by atoms with Gasteiger partial charge in [-0.25, -0.2) is 9.67 Å². The second-order valence-electron chi connectivity index (χ2n) is 4.75. The minimum absolute atomic E-state index is 0.227. The molecule has 0 atom stereocenters. The molecule has 0 aliphatic rings. The van der Waals surface area contributed by atoms with E-state index in [1.54, 1.807) is 23.5 Å². The van der Waals surface area contributed by atoms with E-state index in [-0.39, 0.29) is 6.61 Å². The average Bonchev–Trinajstić information content (AvgIpc) is 3.20. The molecule has 0 spiro atoms. The van der Waals surface area contributed by atoms with Crippen molar-refractivity contribution in [1.82, 2.24) is 25.2 Å². The summed E-state index contributed by atoms with van der Waals surface area (Å²) in [5.74, 6) is 0.519. The number of aromatic nitrogens is 5. The number of benzene rings is 1. The van der Waals surface area contributed by atoms with Gasteiger partial charge in [0.15, 0.2) is 17.5 Å². The maximum absolute atomic E-state index is 5.61. The largest absolute Gasteiger partial charge is 0.389 e. The first-order valence-corrected chi connectivity index (χ1v) is 9.05. The van der Waals surface area contributed by atoms with Crippen LogP contribution in [0.3, 0.4) is 0 Å². The van der Waals surface area contributed by atoms with Crippen molar-refractivity contribution in [3.05, 3.63) is 46.7 Å². The first kappa shape index (κ1) is 16.4. The Bertz CT molecular complexity index is 858. The average molecular weight is 361 g/mol. The lowest BCUT2D eigenvalue weighted by atomic mass is 10.1. The number of rotatable bonds is 6. The minimum Gasteiger partial charge on any atom is -0.389 e. The predicted octanol–water partition coefficient (Wildman–Crippen LogP) is 1.94. The van der Waals surface area contributed by atoms with E-state index < -0.39 is 0 Å². The van der Waals surface area contributed by atoms with Gasteiger partial charge in [-0.3, -0.25) is 0 Å². The number of nitrogens with two attached hydrogens (primary N) is 1. The van der Waals surface area contributed by atoms with E-state index >= 15 is 0 Å². The molecule has 10 heteroatoms. The highest BCUT2D eigenvalue weighted by Crippen LogP contribution is 2.18. The molecule has 0 saturated carbocycles. The molecule has 8 nitrogen and oxygen atoms in total. The third-order valence-electron chi connectivity index (χ3n) is 3.11. The van der Waals surface area contributed by atoms with Crippen molar-refractivity contribution < 1.29 is 4.84 Å². The van der Waals surface area contributed by atoms with E-state index in [4.69, 9.17) is 10.6 Å². The van der Waals surface area contributed by atoms with Crippen LogP contribution < -0.4 is 5.73 Å². The summed E-state index contributed by atoms with van der Waals surface area (Å²) in [5, 5.41) is 18.1. The van der Waals surface area contributed by atoms with Gasteiger partial charge >= 0.3 is 0 Å². The van der Waals surface area contributed by atoms with Crippen molar-refractivity contribution in [3.8, 4) is 0 Å². The number of oxime groups is 1. The Morgan fingerprint density at radius 1 is 1.46 bits per heavy atom. The molecule has 0 amide bonds. The first-order chi connectivity index (χ1) is 11.7. The SMILES string of the molecule is CSc1cccc(C(=NOCc2csc(N)n2)c2nnnn2C)c1. The summed E-state index contributed by atoms with van der Waals surface area (Å²) in [5.41, 5.74) is 7.77. The summed E-state index contributed by atoms with van der Waals surface area (Å²) in [6.07, 6.45) is 2.02. The molecule has 0 fully saturated rings. The Morgan fingerprint density at radius 2 is 2.33 bits per heavy atom. The Hall–Kier alpha value is -2.46. The number of thiazole rings is 1. The van der Waals surface area contributed by atoms with Gasteiger partial charge < -0.3 is 10.6 Å². The van der Waals surface area contributed by atoms with Crippen LogP contribution in [0.1, 0.15) is 17.1 Å². The highest BCUT2D eigenvalue weighted by Gasteiger charge is 2.15. The molecule has 0 unspecified atom stereocenters. The normalized spacial score (nSPS) is 11.7. The summed E-state index contributed by atoms with van der Waals surface area (Å²) in [4.78, 5) is 10.7. The van der Waals surface area contributed by atoms with Crippen LogP contribution in [0.15, 0.2) is 39.7 Å². The monoisotopic (exact) mass is 361 g/mol. The van der Waals surface area contributed by atoms with E-state index in [1.165, 1.54) is 11.3 Å². The lowest BCUT2D eigenvalue weighted by molar-refractivity contribution is 0.128. The molecule has 24 heavy (non-hydrogen) atoms. The van der Waals surface area contributed by atoms with Gasteiger partial charge in [0, 0.05) is 22.9 Å². The summed E-state index contributed by atoms with van der Waals surface area (Å²) in [6, 6.07) is 7.95. The van der Waals surface area contributed by atoms with Gasteiger partial charge in [-0.2, -0.15) is 0 Å². The lowest BCUT2D eigenvalue weighted by Gasteiger charge is -2.06. The van der Waals surface area contributed by atoms with E-state index in [0.29, 0.717) is 16.7 Å². The van der Waals surface area contributed by atoms with Crippen molar-refractivity contribution in [2.24, 2.45) is 12.2 Å². The second kappa shape index (κ2) is 7.41. The third kappa shape index (κ3) is 3.71. The fourth-order valence-electron chi connectivity index (χ4n) is 1.97. The van der Waals surface area contributed by atoms with Gasteiger partial charge in [-0.1, -0.05) is 17.3 Å². The van der Waals surface area contributed by atoms with E-state index in [0.717, 1.165) is 16.2 Å². The zero-order valence-corrected chi connectivity index (χ0v) is 14.7. The van der Waals surface area contributed by atoms with Gasteiger partial charge in [0.1, 0.15) is 0 Å². The summed E-state index contributed by atoms with van der Waals surface area (Å²) in [6.45, 7) is 0.227. The number of thioether (sulfide) groups is 1. The Kier molecular flexibility index (Phi) is 5.06. The molecule has 3 rings (SSSR count). The van der Waals surface area contributed by atoms with E-state index in [1.807, 2.05) is 35.9 Å². The standard InChI is InChI=1S/C14H15N7OS2/c1-21-13(17-19-20-21)12(9-4-3-5-11(6-9)23-2)18-22-7-10-8-24-14(15)16-10/h3-6,8H,7H2,1-2H3,(H2,15,16). The second-order valence-corrected chi connectivity index (χ2v) is 6.52. The number of hydrogen-bond donors (Lipinski definition) is 1. The van der Waals surface area contributed by atoms with Gasteiger partial charge in [0.05, 0.1) is 5.69 Å². The molecular weight excluding hydrogens is 346 g/mol. The van der Waals surface area contributed by atoms with Gasteiger partial charge in [-0.15, -0.1) is 28.2 Å². The van der Waals surface area contributed by atoms with Crippen LogP contribution in [0.4, 0.5) is 5.13 Å². The first-order valence-electron chi connectivity index (χ1n) is 6.94. The predicted molar refractivity (Wildman–Crippen MR) is 94.0 cm³/mol. The van der Waals surface area contributed by atoms with Crippen LogP contribution in [0, 0.1) is 0 Å². The van der Waals surface area contributed by atoms with Gasteiger partial charge in [0.2, 0.25) is 5.82 Å². The molecule has 0 aliphatic heterocycles. The Labute approximate surface area is 146 Å². The van der Waals surface area contributed by atoms with Crippen molar-refractivity contribution in [2.45, 2.75) is 11.5 Å². The van der Waals surface area contributed by atoms with Crippen molar-refractivity contribution in [2.75, 3.05) is 12.0 Å². The van der Waals surface area contributed by atoms with Crippen molar-refractivity contribution in [3.63, 3.8) is 0 Å². The van der Waals surface area contributed by atoms with Crippen molar-refractivity contribution >= 4 is 33.9 Å². The quantitative estimate of drug-likeness (QED) is 0.406. The molecular formula is C14H15N7OS2. The summed E-state index contributed by atoms with van der Waals surface area (Å²) < 4.78 is 1.55. The number of aryl methyl sites for hydroxylation is 1. The van der Waals surface area contributed by atoms with Crippen LogP contribution in [-0.4, -0.2) is 37.2 Å². The summed E-state index contributed by atoms with van der Waals surface area (Å²) >= 11 is 3.01. The van der Waals surface area contributed by atoms with E-state index in [9.17, 15) is 0 Å². The molecule has 124 valence electrons. The highest BCUT2D eigenvalue weighted by molar-refractivity contribution is 7.98. The number of tetrazole rings is 1. The summed E-state index contributed by atoms with van der Waals surface area (Å²) in [7, 11) is 1.75. The number of nitrogens with zero attached hydrogens (tertiary/aromatic N) is 6. The zero-order chi connectivity index (χ0) is 16.9. The zero-order valence-electron chi connectivity index (χ0n) is 13.1. The lowest BCUT2D eigenvalue weighted by Crippen LogP contribution is -2.12. The topological polar surface area (TPSA) is 104 Å². The number of hydrogen-bond acceptors (Lipinski definition) is 9. The van der Waals surface area contributed by atoms with Gasteiger partial charge in [0.25, 0.3) is 0 Å². The van der Waals surface area contributed by atoms with Crippen LogP contribution >= 0.6 is 23.1 Å². The maximum Gasteiger partial charge on any atom is 0.204 e. The maximum atomic E-state index is 5.61. The fraction of sp³-hybridized carbons (Fsp3) is 0.214. The Balaban J connectivity index is 1.89. The van der Waals surface area contributed by atoms with Crippen molar-refractivity contribution in [1.29, 1.82) is 0 Å². The fourth-order valence-corrected chi connectivity index (χ4v) is 2.98.